The summed E-state index contributed by atoms with van der Waals surface area (Å²) in [6.45, 7) is 0. The number of para-hydroxylation sites is 13. The van der Waals surface area contributed by atoms with Crippen LogP contribution in [-0.2, 0) is 0 Å². The normalized spacial score (nSPS) is 11.7. The van der Waals surface area contributed by atoms with Crippen LogP contribution in [0.3, 0.4) is 0 Å². The zero-order chi connectivity index (χ0) is 98.8. The molecule has 31 aromatic rings. The molecule has 0 saturated heterocycles. The van der Waals surface area contributed by atoms with Gasteiger partial charge in [0.25, 0.3) is 0 Å². The van der Waals surface area contributed by atoms with Crippen LogP contribution in [0, 0.1) is 0 Å². The van der Waals surface area contributed by atoms with Crippen molar-refractivity contribution in [2.75, 3.05) is 0 Å². The Morgan fingerprint density at radius 3 is 0.900 bits per heavy atom. The molecule has 12 heteroatoms. The van der Waals surface area contributed by atoms with Crippen molar-refractivity contribution < 1.29 is 4.42 Å². The Bertz CT molecular complexity index is 10700. The van der Waals surface area contributed by atoms with Gasteiger partial charge in [0.2, 0.25) is 5.95 Å². The highest BCUT2D eigenvalue weighted by atomic mass is 16.3. The predicted molar refractivity (Wildman–Crippen MR) is 621 cm³/mol. The van der Waals surface area contributed by atoms with Gasteiger partial charge >= 0.3 is 0 Å². The van der Waals surface area contributed by atoms with Gasteiger partial charge in [0.15, 0.2) is 11.6 Å². The van der Waals surface area contributed by atoms with Crippen molar-refractivity contribution in [2.24, 2.45) is 0 Å². The predicted octanol–water partition coefficient (Wildman–Crippen LogP) is 35.6. The molecule has 9 heterocycles. The first-order chi connectivity index (χ1) is 74.4. The molecule has 0 fully saturated rings. The number of benzene rings is 22. The molecular weight excluding hydrogens is 1830 g/mol. The number of hydrogen-bond acceptors (Lipinski definition) is 7. The second-order valence-electron chi connectivity index (χ2n) is 38.3. The summed E-state index contributed by atoms with van der Waals surface area (Å²) in [5, 5.41) is 17.5. The van der Waals surface area contributed by atoms with Crippen molar-refractivity contribution in [3.05, 3.63) is 528 Å². The van der Waals surface area contributed by atoms with E-state index in [-0.39, 0.29) is 0 Å². The summed E-state index contributed by atoms with van der Waals surface area (Å²) in [6, 6.07) is 187. The minimum absolute atomic E-state index is 0.640. The van der Waals surface area contributed by atoms with Crippen LogP contribution in [0.2, 0.25) is 0 Å². The maximum Gasteiger partial charge on any atom is 0.235 e. The van der Waals surface area contributed by atoms with E-state index in [0.29, 0.717) is 11.8 Å². The Labute approximate surface area is 861 Å². The van der Waals surface area contributed by atoms with Gasteiger partial charge in [-0.2, -0.15) is 0 Å². The van der Waals surface area contributed by atoms with Crippen molar-refractivity contribution >= 4 is 164 Å². The third-order valence-electron chi connectivity index (χ3n) is 29.7. The topological polar surface area (TPSA) is 115 Å². The van der Waals surface area contributed by atoms with Gasteiger partial charge in [-0.25, -0.2) is 29.9 Å². The summed E-state index contributed by atoms with van der Waals surface area (Å²) < 4.78 is 18.1. The summed E-state index contributed by atoms with van der Waals surface area (Å²) in [4.78, 5) is 30.8. The maximum absolute atomic E-state index is 6.42. The monoisotopic (exact) mass is 1910 g/mol. The zero-order valence-electron chi connectivity index (χ0n) is 81.1. The SMILES string of the molecule is c1ccc(-c2ccc(-c3nc(-n4c5ccccc5c5cc(-n6c7ccccc7c7ccccc76)ccc54)nc4ccccc34)cc2)cc1.c1ccc(-c2nc(-c3ccc(-c4ccc(-n5c6ccccc6c6ccccc65)cc4)cc3)nc3ccccc23)cc1.c1ccc(-n2c3ccccc3c3cc(-c4ccc5c(c4)c4ccccc4n5-c4ccc(-c5nc(-c6cccc7c6oc6ccccc67)nc6ccccc56)cc4)ccc32)cc1. The van der Waals surface area contributed by atoms with Crippen LogP contribution in [0.4, 0.5) is 0 Å². The molecular formula is C138H87N11O. The van der Waals surface area contributed by atoms with E-state index in [0.717, 1.165) is 161 Å². The van der Waals surface area contributed by atoms with Crippen LogP contribution in [-0.4, -0.2) is 52.7 Å². The fourth-order valence-corrected chi connectivity index (χ4v) is 22.7. The third-order valence-corrected chi connectivity index (χ3v) is 29.7. The van der Waals surface area contributed by atoms with E-state index in [9.17, 15) is 0 Å². The lowest BCUT2D eigenvalue weighted by Gasteiger charge is -2.12. The first kappa shape index (κ1) is 86.3. The van der Waals surface area contributed by atoms with Gasteiger partial charge in [-0.3, -0.25) is 4.57 Å². The van der Waals surface area contributed by atoms with Crippen molar-refractivity contribution in [2.45, 2.75) is 0 Å². The zero-order valence-corrected chi connectivity index (χ0v) is 81.1. The summed E-state index contributed by atoms with van der Waals surface area (Å²) in [6.07, 6.45) is 0. The van der Waals surface area contributed by atoms with E-state index in [1.807, 2.05) is 66.7 Å². The van der Waals surface area contributed by atoms with Crippen LogP contribution in [0.5, 0.6) is 0 Å². The minimum Gasteiger partial charge on any atom is -0.455 e. The van der Waals surface area contributed by atoms with E-state index in [1.54, 1.807) is 0 Å². The Hall–Kier alpha value is -20.3. The van der Waals surface area contributed by atoms with Crippen molar-refractivity contribution in [3.8, 4) is 119 Å². The summed E-state index contributed by atoms with van der Waals surface area (Å²) >= 11 is 0. The number of hydrogen-bond donors (Lipinski definition) is 0. The average Bonchev–Trinajstić information content (AvgIpc) is 1.57. The van der Waals surface area contributed by atoms with Crippen LogP contribution >= 0.6 is 0 Å². The van der Waals surface area contributed by atoms with Gasteiger partial charge in [0.1, 0.15) is 11.2 Å². The Kier molecular flexibility index (Phi) is 20.7. The molecule has 0 aliphatic rings. The maximum atomic E-state index is 6.42. The van der Waals surface area contributed by atoms with Crippen LogP contribution < -0.4 is 0 Å². The molecule has 0 atom stereocenters. The molecule has 0 aliphatic carbocycles. The van der Waals surface area contributed by atoms with Crippen molar-refractivity contribution in [3.63, 3.8) is 0 Å². The van der Waals surface area contributed by atoms with E-state index in [4.69, 9.17) is 34.3 Å². The van der Waals surface area contributed by atoms with Gasteiger partial charge < -0.3 is 22.7 Å². The average molecular weight is 1920 g/mol. The molecule has 12 nitrogen and oxygen atoms in total. The highest BCUT2D eigenvalue weighted by Gasteiger charge is 2.26. The number of fused-ring (bicyclic) bond motifs is 21. The Morgan fingerprint density at radius 2 is 0.427 bits per heavy atom. The third kappa shape index (κ3) is 14.7. The smallest absolute Gasteiger partial charge is 0.235 e. The molecule has 0 amide bonds. The molecule has 0 saturated carbocycles. The molecule has 22 aromatic carbocycles. The van der Waals surface area contributed by atoms with Crippen molar-refractivity contribution in [1.82, 2.24) is 52.7 Å². The second kappa shape index (κ2) is 35.9. The first-order valence-electron chi connectivity index (χ1n) is 50.8. The molecule has 150 heavy (non-hydrogen) atoms. The van der Waals surface area contributed by atoms with E-state index in [1.165, 1.54) is 109 Å². The first-order valence-corrected chi connectivity index (χ1v) is 50.8. The number of rotatable bonds is 13. The Morgan fingerprint density at radius 1 is 0.147 bits per heavy atom. The highest BCUT2D eigenvalue weighted by Crippen LogP contribution is 2.46. The number of nitrogens with zero attached hydrogens (tertiary/aromatic N) is 11. The van der Waals surface area contributed by atoms with Crippen LogP contribution in [0.15, 0.2) is 532 Å². The number of aromatic nitrogens is 11. The minimum atomic E-state index is 0.640. The molecule has 0 bridgehead atoms. The highest BCUT2D eigenvalue weighted by molar-refractivity contribution is 6.17. The standard InChI is InChI=1S/C56H34N4O.C44H28N4.C38H25N3/c1-2-13-38(14-3-1)59-49-22-9-5-15-40(49)46-33-36(27-31-51(46)59)37-28-32-52-47(34-37)41-16-6-10-23-50(41)60(52)39-29-25-35(26-30-39)54-44-18-4-8-21-48(44)57-56(58-54)45-20-12-19-43-42-17-7-11-24-53(42)61-55(43)45;1-2-12-29(13-3-1)30-22-24-31(25-23-30)43-36-17-4-8-18-38(36)45-44(46-43)48-41-21-11-7-16-35(41)37-28-32(26-27-42(37)48)47-39-19-9-5-14-33(39)34-15-6-10-20-40(34)47;1-2-10-28(11-3-1)37-33-14-4-7-15-34(33)39-38(40-37)29-20-18-26(19-21-29)27-22-24-30(25-23-27)41-35-16-8-5-12-31(35)32-13-6-9-17-36(32)41/h1-34H;1-28H;1-25H. The molecule has 0 radical (unpaired) electrons. The lowest BCUT2D eigenvalue weighted by Crippen LogP contribution is -2.03. The van der Waals surface area contributed by atoms with Gasteiger partial charge in [0, 0.05) is 126 Å². The fraction of sp³-hybridized carbons (Fsp3) is 0. The van der Waals surface area contributed by atoms with Gasteiger partial charge in [0.05, 0.1) is 94.4 Å². The van der Waals surface area contributed by atoms with Crippen LogP contribution in [0.1, 0.15) is 0 Å². The molecule has 700 valence electrons. The fourth-order valence-electron chi connectivity index (χ4n) is 22.7. The van der Waals surface area contributed by atoms with Crippen LogP contribution in [0.25, 0.3) is 282 Å². The largest absolute Gasteiger partial charge is 0.455 e. The molecule has 31 rings (SSSR count). The van der Waals surface area contributed by atoms with Crippen molar-refractivity contribution in [1.29, 1.82) is 0 Å². The van der Waals surface area contributed by atoms with E-state index < -0.39 is 0 Å². The molecule has 0 unspecified atom stereocenters. The van der Waals surface area contributed by atoms with Gasteiger partial charge in [-0.15, -0.1) is 0 Å². The van der Waals surface area contributed by atoms with Gasteiger partial charge in [-0.05, 0) is 185 Å². The molecule has 0 spiro atoms. The summed E-state index contributed by atoms with van der Waals surface area (Å²) in [5.41, 5.74) is 35.5. The van der Waals surface area contributed by atoms with E-state index in [2.05, 4.69) is 484 Å². The number of furan rings is 1. The molecule has 0 aliphatic heterocycles. The van der Waals surface area contributed by atoms with Gasteiger partial charge in [-0.1, -0.05) is 376 Å². The Balaban J connectivity index is 0.000000108. The summed E-state index contributed by atoms with van der Waals surface area (Å²) in [7, 11) is 0. The van der Waals surface area contributed by atoms with E-state index >= 15 is 0 Å². The molecule has 0 N–H and O–H groups in total. The second-order valence-corrected chi connectivity index (χ2v) is 38.3. The quantitative estimate of drug-likeness (QED) is 0.113. The lowest BCUT2D eigenvalue weighted by atomic mass is 10.0. The lowest BCUT2D eigenvalue weighted by molar-refractivity contribution is 0.669. The summed E-state index contributed by atoms with van der Waals surface area (Å²) in [5.74, 6) is 2.03. The molecule has 9 aromatic heterocycles.